The molecule has 0 saturated heterocycles. The van der Waals surface area contributed by atoms with Gasteiger partial charge in [0.05, 0.1) is 17.9 Å². The number of aryl methyl sites for hydroxylation is 2. The van der Waals surface area contributed by atoms with Crippen LogP contribution in [0.25, 0.3) is 34.1 Å². The van der Waals surface area contributed by atoms with Crippen LogP contribution in [0.5, 0.6) is 5.75 Å². The number of ether oxygens (including phenoxy) is 1. The molecule has 5 heterocycles. The standard InChI is InChI=1S/C30H26N8O/c1-19-26(6-3-13-32-19)39-18-21-8-7-20-17-22(9-10-23(20)21)38-29(24-5-2-14-33-28(24)31)35-25-11-12-27(36-30(25)38)37-16-4-15-34-37/h2-6,9-17,21H,7-8,18H2,1H3,(H2,31,33). The third-order valence-corrected chi connectivity index (χ3v) is 7.29. The number of nitrogen functional groups attached to an aromatic ring is 1. The Hall–Kier alpha value is -5.05. The van der Waals surface area contributed by atoms with Crippen molar-refractivity contribution in [1.82, 2.24) is 34.3 Å². The van der Waals surface area contributed by atoms with Gasteiger partial charge in [-0.05, 0) is 85.5 Å². The van der Waals surface area contributed by atoms with Gasteiger partial charge in [0, 0.05) is 36.4 Å². The van der Waals surface area contributed by atoms with E-state index in [1.807, 2.05) is 55.6 Å². The number of rotatable bonds is 6. The zero-order valence-electron chi connectivity index (χ0n) is 21.4. The zero-order chi connectivity index (χ0) is 26.3. The van der Waals surface area contributed by atoms with E-state index in [9.17, 15) is 0 Å². The molecule has 39 heavy (non-hydrogen) atoms. The first-order valence-corrected chi connectivity index (χ1v) is 12.9. The van der Waals surface area contributed by atoms with Gasteiger partial charge in [0.25, 0.3) is 0 Å². The van der Waals surface area contributed by atoms with Crippen molar-refractivity contribution in [1.29, 1.82) is 0 Å². The van der Waals surface area contributed by atoms with E-state index in [4.69, 9.17) is 20.4 Å². The lowest BCUT2D eigenvalue weighted by atomic mass is 10.0. The molecule has 0 bridgehead atoms. The Bertz CT molecular complexity index is 1810. The first-order valence-electron chi connectivity index (χ1n) is 12.9. The van der Waals surface area contributed by atoms with Crippen molar-refractivity contribution in [3.05, 3.63) is 102 Å². The minimum atomic E-state index is 0.325. The van der Waals surface area contributed by atoms with Crippen LogP contribution in [0.15, 0.2) is 85.5 Å². The Morgan fingerprint density at radius 1 is 0.974 bits per heavy atom. The number of hydrogen-bond acceptors (Lipinski definition) is 7. The number of benzene rings is 1. The number of pyridine rings is 3. The Kier molecular flexibility index (Phi) is 5.54. The van der Waals surface area contributed by atoms with Gasteiger partial charge in [-0.2, -0.15) is 5.10 Å². The maximum absolute atomic E-state index is 6.31. The monoisotopic (exact) mass is 514 g/mol. The average Bonchev–Trinajstić information content (AvgIpc) is 3.71. The molecule has 0 radical (unpaired) electrons. The molecular formula is C30H26N8O. The summed E-state index contributed by atoms with van der Waals surface area (Å²) in [5.41, 5.74) is 13.1. The molecule has 1 aromatic carbocycles. The van der Waals surface area contributed by atoms with Crippen molar-refractivity contribution in [2.45, 2.75) is 25.7 Å². The van der Waals surface area contributed by atoms with Crippen molar-refractivity contribution in [3.8, 4) is 28.6 Å². The molecule has 9 nitrogen and oxygen atoms in total. The van der Waals surface area contributed by atoms with Crippen molar-refractivity contribution in [2.75, 3.05) is 12.3 Å². The Balaban J connectivity index is 1.31. The molecule has 0 saturated carbocycles. The van der Waals surface area contributed by atoms with Crippen LogP contribution in [0.2, 0.25) is 0 Å². The predicted octanol–water partition coefficient (Wildman–Crippen LogP) is 5.06. The molecule has 0 amide bonds. The second-order valence-electron chi connectivity index (χ2n) is 9.69. The minimum Gasteiger partial charge on any atom is -0.491 e. The van der Waals surface area contributed by atoms with E-state index in [0.717, 1.165) is 46.7 Å². The van der Waals surface area contributed by atoms with Gasteiger partial charge in [-0.15, -0.1) is 0 Å². The summed E-state index contributed by atoms with van der Waals surface area (Å²) in [6, 6.07) is 20.0. The van der Waals surface area contributed by atoms with Crippen LogP contribution in [0, 0.1) is 6.92 Å². The first kappa shape index (κ1) is 23.1. The average molecular weight is 515 g/mol. The number of hydrogen-bond donors (Lipinski definition) is 1. The van der Waals surface area contributed by atoms with Gasteiger partial charge < -0.3 is 10.5 Å². The van der Waals surface area contributed by atoms with Gasteiger partial charge in [0.1, 0.15) is 17.1 Å². The van der Waals surface area contributed by atoms with Crippen molar-refractivity contribution in [3.63, 3.8) is 0 Å². The zero-order valence-corrected chi connectivity index (χ0v) is 21.4. The summed E-state index contributed by atoms with van der Waals surface area (Å²) < 4.78 is 9.97. The highest BCUT2D eigenvalue weighted by molar-refractivity contribution is 5.83. The highest BCUT2D eigenvalue weighted by atomic mass is 16.5. The van der Waals surface area contributed by atoms with Gasteiger partial charge in [-0.25, -0.2) is 19.6 Å². The van der Waals surface area contributed by atoms with E-state index >= 15 is 0 Å². The first-order chi connectivity index (χ1) is 19.2. The van der Waals surface area contributed by atoms with Crippen LogP contribution in [0.4, 0.5) is 5.82 Å². The van der Waals surface area contributed by atoms with Gasteiger partial charge in [-0.1, -0.05) is 6.07 Å². The normalized spacial score (nSPS) is 14.5. The molecule has 5 aromatic heterocycles. The molecular weight excluding hydrogens is 488 g/mol. The molecule has 0 aliphatic heterocycles. The van der Waals surface area contributed by atoms with E-state index in [1.165, 1.54) is 11.1 Å². The molecule has 0 spiro atoms. The molecule has 1 atom stereocenters. The smallest absolute Gasteiger partial charge is 0.167 e. The van der Waals surface area contributed by atoms with Crippen LogP contribution in [0.3, 0.4) is 0 Å². The highest BCUT2D eigenvalue weighted by Crippen LogP contribution is 2.37. The van der Waals surface area contributed by atoms with E-state index in [1.54, 1.807) is 23.3 Å². The lowest BCUT2D eigenvalue weighted by molar-refractivity contribution is 0.284. The van der Waals surface area contributed by atoms with Crippen molar-refractivity contribution in [2.24, 2.45) is 0 Å². The van der Waals surface area contributed by atoms with Gasteiger partial charge in [0.2, 0.25) is 0 Å². The van der Waals surface area contributed by atoms with E-state index in [2.05, 4.69) is 37.8 Å². The van der Waals surface area contributed by atoms with Gasteiger partial charge in [0.15, 0.2) is 17.3 Å². The molecule has 0 fully saturated rings. The fourth-order valence-corrected chi connectivity index (χ4v) is 5.33. The summed E-state index contributed by atoms with van der Waals surface area (Å²) in [7, 11) is 0. The minimum absolute atomic E-state index is 0.325. The molecule has 1 aliphatic rings. The van der Waals surface area contributed by atoms with Crippen LogP contribution in [0.1, 0.15) is 29.2 Å². The number of nitrogens with two attached hydrogens (primary N) is 1. The van der Waals surface area contributed by atoms with E-state index in [-0.39, 0.29) is 0 Å². The summed E-state index contributed by atoms with van der Waals surface area (Å²) in [4.78, 5) is 18.6. The van der Waals surface area contributed by atoms with Crippen LogP contribution in [-0.4, -0.2) is 40.9 Å². The molecule has 1 aliphatic carbocycles. The van der Waals surface area contributed by atoms with E-state index in [0.29, 0.717) is 30.0 Å². The third-order valence-electron chi connectivity index (χ3n) is 7.29. The maximum atomic E-state index is 6.31. The number of nitrogens with zero attached hydrogens (tertiary/aromatic N) is 7. The van der Waals surface area contributed by atoms with E-state index < -0.39 is 0 Å². The summed E-state index contributed by atoms with van der Waals surface area (Å²) in [6.07, 6.45) is 9.10. The van der Waals surface area contributed by atoms with Crippen molar-refractivity contribution < 1.29 is 4.74 Å². The highest BCUT2D eigenvalue weighted by Gasteiger charge is 2.25. The molecule has 2 N–H and O–H groups in total. The lowest BCUT2D eigenvalue weighted by Gasteiger charge is -2.16. The molecule has 7 rings (SSSR count). The van der Waals surface area contributed by atoms with Gasteiger partial charge in [-0.3, -0.25) is 9.55 Å². The predicted molar refractivity (Wildman–Crippen MR) is 149 cm³/mol. The molecule has 1 unspecified atom stereocenters. The number of aromatic nitrogens is 7. The summed E-state index contributed by atoms with van der Waals surface area (Å²) in [5, 5.41) is 4.35. The lowest BCUT2D eigenvalue weighted by Crippen LogP contribution is -2.09. The number of anilines is 1. The quantitative estimate of drug-likeness (QED) is 0.331. The van der Waals surface area contributed by atoms with Crippen LogP contribution >= 0.6 is 0 Å². The Morgan fingerprint density at radius 2 is 1.87 bits per heavy atom. The molecule has 192 valence electrons. The largest absolute Gasteiger partial charge is 0.491 e. The van der Waals surface area contributed by atoms with Crippen LogP contribution < -0.4 is 10.5 Å². The second-order valence-corrected chi connectivity index (χ2v) is 9.69. The molecule has 9 heteroatoms. The number of imidazole rings is 1. The Morgan fingerprint density at radius 3 is 2.72 bits per heavy atom. The summed E-state index contributed by atoms with van der Waals surface area (Å²) >= 11 is 0. The topological polar surface area (TPSA) is 110 Å². The fourth-order valence-electron chi connectivity index (χ4n) is 5.33. The van der Waals surface area contributed by atoms with Crippen LogP contribution in [-0.2, 0) is 6.42 Å². The fraction of sp³-hybridized carbons (Fsp3) is 0.167. The summed E-state index contributed by atoms with van der Waals surface area (Å²) in [5.74, 6) is 3.00. The Labute approximate surface area is 225 Å². The second kappa shape index (κ2) is 9.36. The number of fused-ring (bicyclic) bond motifs is 2. The van der Waals surface area contributed by atoms with Crippen molar-refractivity contribution >= 4 is 17.0 Å². The SMILES string of the molecule is Cc1ncccc1OCC1CCc2cc(-n3c(-c4cccnc4N)nc4ccc(-n5cccn5)nc43)ccc21. The summed E-state index contributed by atoms with van der Waals surface area (Å²) in [6.45, 7) is 2.59. The van der Waals surface area contributed by atoms with Gasteiger partial charge >= 0.3 is 0 Å². The third kappa shape index (κ3) is 4.08. The molecule has 6 aromatic rings. The maximum Gasteiger partial charge on any atom is 0.167 e.